The Balaban J connectivity index is 2.13. The number of ketones is 1. The number of oxazole rings is 1. The molecule has 0 amide bonds. The van der Waals surface area contributed by atoms with Gasteiger partial charge in [0, 0.05) is 0 Å². The Bertz CT molecular complexity index is 553. The van der Waals surface area contributed by atoms with Gasteiger partial charge in [0.05, 0.1) is 11.3 Å². The van der Waals surface area contributed by atoms with Gasteiger partial charge in [-0.3, -0.25) is 4.79 Å². The van der Waals surface area contributed by atoms with Crippen molar-refractivity contribution < 1.29 is 13.9 Å². The van der Waals surface area contributed by atoms with E-state index in [1.54, 1.807) is 12.1 Å². The molecule has 0 aliphatic rings. The number of aryl methyl sites for hydroxylation is 2. The summed E-state index contributed by atoms with van der Waals surface area (Å²) in [5.74, 6) is 1.83. The van der Waals surface area contributed by atoms with Crippen LogP contribution in [0.5, 0.6) is 5.75 Å². The summed E-state index contributed by atoms with van der Waals surface area (Å²) < 4.78 is 11.0. The Morgan fingerprint density at radius 1 is 1.33 bits per heavy atom. The van der Waals surface area contributed by atoms with Crippen molar-refractivity contribution in [2.24, 2.45) is 0 Å². The normalized spacial score (nSPS) is 10.4. The molecule has 4 nitrogen and oxygen atoms in total. The first-order valence-electron chi connectivity index (χ1n) is 5.73. The number of benzene rings is 1. The number of ether oxygens (including phenoxy) is 1. The number of carbonyl (C=O) groups excluding carboxylic acids is 1. The van der Waals surface area contributed by atoms with E-state index in [-0.39, 0.29) is 12.4 Å². The van der Waals surface area contributed by atoms with Gasteiger partial charge < -0.3 is 9.15 Å². The molecule has 2 aromatic rings. The molecule has 0 bridgehead atoms. The molecule has 94 valence electrons. The van der Waals surface area contributed by atoms with Crippen molar-refractivity contribution in [1.29, 1.82) is 0 Å². The van der Waals surface area contributed by atoms with Crippen molar-refractivity contribution in [2.45, 2.75) is 27.4 Å². The molecule has 18 heavy (non-hydrogen) atoms. The van der Waals surface area contributed by atoms with Crippen LogP contribution in [0.3, 0.4) is 0 Å². The van der Waals surface area contributed by atoms with Crippen LogP contribution in [-0.4, -0.2) is 10.8 Å². The van der Waals surface area contributed by atoms with Crippen LogP contribution in [0.4, 0.5) is 0 Å². The third kappa shape index (κ3) is 2.59. The van der Waals surface area contributed by atoms with Gasteiger partial charge in [-0.05, 0) is 32.9 Å². The molecule has 0 atom stereocenters. The van der Waals surface area contributed by atoms with E-state index < -0.39 is 0 Å². The largest absolute Gasteiger partial charge is 0.483 e. The maximum absolute atomic E-state index is 11.4. The molecule has 0 N–H and O–H groups in total. The highest BCUT2D eigenvalue weighted by atomic mass is 16.5. The van der Waals surface area contributed by atoms with Crippen molar-refractivity contribution in [3.05, 3.63) is 47.2 Å². The predicted molar refractivity (Wildman–Crippen MR) is 66.8 cm³/mol. The number of nitrogens with zero attached hydrogens (tertiary/aromatic N) is 1. The third-order valence-corrected chi connectivity index (χ3v) is 2.69. The van der Waals surface area contributed by atoms with E-state index >= 15 is 0 Å². The van der Waals surface area contributed by atoms with Gasteiger partial charge in [-0.15, -0.1) is 0 Å². The molecule has 1 aromatic carbocycles. The molecule has 0 saturated heterocycles. The molecule has 4 heteroatoms. The van der Waals surface area contributed by atoms with Gasteiger partial charge in [0.15, 0.2) is 12.4 Å². The van der Waals surface area contributed by atoms with Crippen LogP contribution < -0.4 is 4.74 Å². The van der Waals surface area contributed by atoms with E-state index in [9.17, 15) is 4.79 Å². The standard InChI is InChI=1S/C14H15NO3/c1-9-11(3)18-14(15-9)8-17-13-7-5-4-6-12(13)10(2)16/h4-7H,8H2,1-3H3. The van der Waals surface area contributed by atoms with E-state index in [0.717, 1.165) is 11.5 Å². The van der Waals surface area contributed by atoms with Crippen LogP contribution in [0.15, 0.2) is 28.7 Å². The quantitative estimate of drug-likeness (QED) is 0.777. The summed E-state index contributed by atoms with van der Waals surface area (Å²) in [5, 5.41) is 0. The van der Waals surface area contributed by atoms with Crippen molar-refractivity contribution in [1.82, 2.24) is 4.98 Å². The number of para-hydroxylation sites is 1. The average molecular weight is 245 g/mol. The van der Waals surface area contributed by atoms with E-state index in [0.29, 0.717) is 17.2 Å². The Labute approximate surface area is 106 Å². The highest BCUT2D eigenvalue weighted by Crippen LogP contribution is 2.20. The first kappa shape index (κ1) is 12.4. The lowest BCUT2D eigenvalue weighted by Crippen LogP contribution is -2.01. The average Bonchev–Trinajstić information content (AvgIpc) is 2.66. The second-order valence-electron chi connectivity index (χ2n) is 4.09. The smallest absolute Gasteiger partial charge is 0.232 e. The lowest BCUT2D eigenvalue weighted by molar-refractivity contribution is 0.101. The van der Waals surface area contributed by atoms with Crippen LogP contribution in [0, 0.1) is 13.8 Å². The Hall–Kier alpha value is -2.10. The van der Waals surface area contributed by atoms with Gasteiger partial charge in [-0.25, -0.2) is 4.98 Å². The highest BCUT2D eigenvalue weighted by molar-refractivity contribution is 5.96. The summed E-state index contributed by atoms with van der Waals surface area (Å²) in [6, 6.07) is 7.14. The molecule has 1 aromatic heterocycles. The summed E-state index contributed by atoms with van der Waals surface area (Å²) in [5.41, 5.74) is 1.42. The van der Waals surface area contributed by atoms with E-state index in [1.807, 2.05) is 26.0 Å². The minimum absolute atomic E-state index is 0.0228. The van der Waals surface area contributed by atoms with E-state index in [2.05, 4.69) is 4.98 Å². The van der Waals surface area contributed by atoms with Crippen molar-refractivity contribution in [3.63, 3.8) is 0 Å². The maximum atomic E-state index is 11.4. The van der Waals surface area contributed by atoms with Gasteiger partial charge in [0.2, 0.25) is 5.89 Å². The minimum Gasteiger partial charge on any atom is -0.483 e. The molecular weight excluding hydrogens is 230 g/mol. The lowest BCUT2D eigenvalue weighted by Gasteiger charge is -2.07. The SMILES string of the molecule is CC(=O)c1ccccc1OCc1nc(C)c(C)o1. The zero-order chi connectivity index (χ0) is 13.1. The van der Waals surface area contributed by atoms with E-state index in [1.165, 1.54) is 6.92 Å². The summed E-state index contributed by atoms with van der Waals surface area (Å²) in [6.07, 6.45) is 0. The van der Waals surface area contributed by atoms with Gasteiger partial charge in [-0.2, -0.15) is 0 Å². The summed E-state index contributed by atoms with van der Waals surface area (Å²) in [7, 11) is 0. The van der Waals surface area contributed by atoms with Crippen LogP contribution >= 0.6 is 0 Å². The molecule has 0 radical (unpaired) electrons. The molecule has 1 heterocycles. The minimum atomic E-state index is -0.0228. The van der Waals surface area contributed by atoms with Crippen LogP contribution in [-0.2, 0) is 6.61 Å². The van der Waals surface area contributed by atoms with Crippen LogP contribution in [0.2, 0.25) is 0 Å². The molecule has 0 fully saturated rings. The molecular formula is C14H15NO3. The second kappa shape index (κ2) is 5.04. The Kier molecular flexibility index (Phi) is 3.46. The Morgan fingerprint density at radius 3 is 2.67 bits per heavy atom. The fourth-order valence-corrected chi connectivity index (χ4v) is 1.62. The first-order valence-corrected chi connectivity index (χ1v) is 5.73. The van der Waals surface area contributed by atoms with Crippen LogP contribution in [0.25, 0.3) is 0 Å². The Morgan fingerprint density at radius 2 is 2.06 bits per heavy atom. The number of aromatic nitrogens is 1. The monoisotopic (exact) mass is 245 g/mol. The third-order valence-electron chi connectivity index (χ3n) is 2.69. The predicted octanol–water partition coefficient (Wildman–Crippen LogP) is 3.07. The first-order chi connectivity index (χ1) is 8.58. The molecule has 2 rings (SSSR count). The zero-order valence-electron chi connectivity index (χ0n) is 10.7. The molecule has 0 unspecified atom stereocenters. The molecule has 0 spiro atoms. The van der Waals surface area contributed by atoms with E-state index in [4.69, 9.17) is 9.15 Å². The highest BCUT2D eigenvalue weighted by Gasteiger charge is 2.10. The van der Waals surface area contributed by atoms with Crippen molar-refractivity contribution in [3.8, 4) is 5.75 Å². The van der Waals surface area contributed by atoms with Crippen molar-refractivity contribution >= 4 is 5.78 Å². The number of rotatable bonds is 4. The fraction of sp³-hybridized carbons (Fsp3) is 0.286. The topological polar surface area (TPSA) is 52.3 Å². The number of hydrogen-bond donors (Lipinski definition) is 0. The summed E-state index contributed by atoms with van der Waals surface area (Å²) in [6.45, 7) is 5.47. The lowest BCUT2D eigenvalue weighted by atomic mass is 10.1. The summed E-state index contributed by atoms with van der Waals surface area (Å²) >= 11 is 0. The molecule has 0 saturated carbocycles. The van der Waals surface area contributed by atoms with Gasteiger partial charge in [0.25, 0.3) is 0 Å². The van der Waals surface area contributed by atoms with Gasteiger partial charge >= 0.3 is 0 Å². The second-order valence-corrected chi connectivity index (χ2v) is 4.09. The summed E-state index contributed by atoms with van der Waals surface area (Å²) in [4.78, 5) is 15.6. The molecule has 0 aliphatic heterocycles. The van der Waals surface area contributed by atoms with Crippen LogP contribution in [0.1, 0.15) is 34.6 Å². The number of hydrogen-bond acceptors (Lipinski definition) is 4. The van der Waals surface area contributed by atoms with Gasteiger partial charge in [0.1, 0.15) is 11.5 Å². The number of Topliss-reactive ketones (excluding diaryl/α,β-unsaturated/α-hetero) is 1. The van der Waals surface area contributed by atoms with Crippen molar-refractivity contribution in [2.75, 3.05) is 0 Å². The van der Waals surface area contributed by atoms with Gasteiger partial charge in [-0.1, -0.05) is 12.1 Å². The molecule has 0 aliphatic carbocycles. The fourth-order valence-electron chi connectivity index (χ4n) is 1.62. The zero-order valence-corrected chi connectivity index (χ0v) is 10.7. The number of carbonyl (C=O) groups is 1. The maximum Gasteiger partial charge on any atom is 0.232 e.